The molecule has 0 saturated carbocycles. The van der Waals surface area contributed by atoms with Crippen LogP contribution in [0.1, 0.15) is 72.9 Å². The number of ether oxygens (including phenoxy) is 8. The summed E-state index contributed by atoms with van der Waals surface area (Å²) in [5.74, 6) is 1.51. The van der Waals surface area contributed by atoms with Gasteiger partial charge in [-0.05, 0) is 94.8 Å². The highest BCUT2D eigenvalue weighted by atomic mass is 79.9. The van der Waals surface area contributed by atoms with E-state index in [-0.39, 0.29) is 16.9 Å². The molecule has 1 unspecified atom stereocenters. The molecule has 3 aliphatic rings. The summed E-state index contributed by atoms with van der Waals surface area (Å²) in [6, 6.07) is 34.4. The topological polar surface area (TPSA) is 122 Å². The summed E-state index contributed by atoms with van der Waals surface area (Å²) in [5.41, 5.74) is 11.6. The Bertz CT molecular complexity index is 2740. The minimum absolute atomic E-state index is 0.0109. The predicted octanol–water partition coefficient (Wildman–Crippen LogP) is 12.5. The number of rotatable bonds is 29. The van der Waals surface area contributed by atoms with E-state index in [2.05, 4.69) is 162 Å². The van der Waals surface area contributed by atoms with E-state index in [0.717, 1.165) is 77.8 Å². The molecule has 1 atom stereocenters. The van der Waals surface area contributed by atoms with Gasteiger partial charge in [0, 0.05) is 52.4 Å². The number of fused-ring (bicyclic) bond motifs is 2. The standard InChI is InChI=1S/C58H70Br2N4O8S3/c1-57(2,3)42-13-7-39(8-14-42)45-19-20-46(73-45)49-53-54(50(56-55(49)63-75-64-56)47-21-22-48(74-47)58(4,5)6)62-52(41-11-17-44(18-12-41)72-38-36-70-34-32-68-30-28-66-26-24-60)51(61-53)40-9-15-43(16-10-40)71-37-35-69-33-31-67-29-27-65-25-23-59/h7-22,56,61-62,64H,23-38H2,1-6H3. The van der Waals surface area contributed by atoms with Crippen LogP contribution in [0.5, 0.6) is 11.5 Å². The molecule has 5 aromatic rings. The van der Waals surface area contributed by atoms with E-state index in [1.54, 1.807) is 11.3 Å². The van der Waals surface area contributed by atoms with Crippen molar-refractivity contribution in [2.45, 2.75) is 58.4 Å². The van der Waals surface area contributed by atoms with Crippen LogP contribution >= 0.6 is 66.7 Å². The molecule has 75 heavy (non-hydrogen) atoms. The van der Waals surface area contributed by atoms with Crippen LogP contribution in [0.3, 0.4) is 0 Å². The Labute approximate surface area is 472 Å². The van der Waals surface area contributed by atoms with Crippen molar-refractivity contribution >= 4 is 94.9 Å². The van der Waals surface area contributed by atoms with Crippen molar-refractivity contribution < 1.29 is 37.9 Å². The monoisotopic (exact) mass is 1200 g/mol. The number of nitrogens with zero attached hydrogens (tertiary/aromatic N) is 1. The fourth-order valence-corrected chi connectivity index (χ4v) is 11.8. The summed E-state index contributed by atoms with van der Waals surface area (Å²) < 4.78 is 54.9. The van der Waals surface area contributed by atoms with Gasteiger partial charge in [-0.2, -0.15) is 0 Å². The number of hydrogen-bond acceptors (Lipinski definition) is 15. The highest BCUT2D eigenvalue weighted by Crippen LogP contribution is 2.48. The Balaban J connectivity index is 1.10. The third-order valence-electron chi connectivity index (χ3n) is 12.4. The SMILES string of the molecule is CC(C)(C)c1ccc(-c2ccc(C3=C4NC(c5ccc(OCCOCCOCCOCCBr)cc5)=C(c5ccc(OCCOCCOCCOCCBr)cc5)NC4=C(c4ccc(C(C)(C)C)s4)C4NSN=C34)s2)cc1. The molecule has 3 aromatic carbocycles. The third-order valence-corrected chi connectivity index (χ3v) is 16.3. The average Bonchev–Trinajstić information content (AvgIpc) is 4.24. The lowest BCUT2D eigenvalue weighted by molar-refractivity contribution is 0.0119. The minimum Gasteiger partial charge on any atom is -0.491 e. The van der Waals surface area contributed by atoms with Crippen molar-refractivity contribution in [1.29, 1.82) is 0 Å². The zero-order chi connectivity index (χ0) is 52.6. The van der Waals surface area contributed by atoms with Crippen molar-refractivity contribution in [2.75, 3.05) is 103 Å². The molecule has 1 aliphatic carbocycles. The lowest BCUT2D eigenvalue weighted by atomic mass is 9.84. The largest absolute Gasteiger partial charge is 0.491 e. The number of thiophene rings is 2. The Hall–Kier alpha value is -3.82. The summed E-state index contributed by atoms with van der Waals surface area (Å²) in [7, 11) is 0. The highest BCUT2D eigenvalue weighted by molar-refractivity contribution is 9.09. The van der Waals surface area contributed by atoms with Gasteiger partial charge in [-0.15, -0.1) is 22.7 Å². The van der Waals surface area contributed by atoms with E-state index in [0.29, 0.717) is 92.5 Å². The number of nitrogens with one attached hydrogen (secondary N) is 3. The molecule has 402 valence electrons. The van der Waals surface area contributed by atoms with Gasteiger partial charge in [0.2, 0.25) is 0 Å². The summed E-state index contributed by atoms with van der Waals surface area (Å²) in [4.78, 5) is 4.84. The van der Waals surface area contributed by atoms with Crippen LogP contribution in [0.2, 0.25) is 0 Å². The molecule has 0 amide bonds. The molecule has 0 fully saturated rings. The number of hydrogen-bond donors (Lipinski definition) is 3. The second-order valence-electron chi connectivity index (χ2n) is 19.9. The summed E-state index contributed by atoms with van der Waals surface area (Å²) in [5, 5.41) is 9.79. The Morgan fingerprint density at radius 2 is 0.907 bits per heavy atom. The summed E-state index contributed by atoms with van der Waals surface area (Å²) >= 11 is 11.8. The van der Waals surface area contributed by atoms with E-state index in [4.69, 9.17) is 42.3 Å². The maximum Gasteiger partial charge on any atom is 0.119 e. The smallest absolute Gasteiger partial charge is 0.119 e. The van der Waals surface area contributed by atoms with Crippen LogP contribution in [-0.4, -0.2) is 115 Å². The molecule has 12 nitrogen and oxygen atoms in total. The predicted molar refractivity (Wildman–Crippen MR) is 317 cm³/mol. The molecule has 0 bridgehead atoms. The fraction of sp³-hybridized carbons (Fsp3) is 0.431. The van der Waals surface area contributed by atoms with Gasteiger partial charge in [-0.25, -0.2) is 9.12 Å². The van der Waals surface area contributed by atoms with Crippen molar-refractivity contribution in [3.8, 4) is 21.9 Å². The van der Waals surface area contributed by atoms with Crippen LogP contribution < -0.4 is 24.8 Å². The zero-order valence-electron chi connectivity index (χ0n) is 43.8. The first-order valence-electron chi connectivity index (χ1n) is 25.6. The van der Waals surface area contributed by atoms with Gasteiger partial charge in [-0.1, -0.05) is 97.7 Å². The highest BCUT2D eigenvalue weighted by Gasteiger charge is 2.42. The van der Waals surface area contributed by atoms with E-state index in [1.807, 2.05) is 35.6 Å². The Morgan fingerprint density at radius 1 is 0.453 bits per heavy atom. The lowest BCUT2D eigenvalue weighted by Crippen LogP contribution is -2.42. The molecule has 0 saturated heterocycles. The maximum atomic E-state index is 6.17. The van der Waals surface area contributed by atoms with Gasteiger partial charge in [-0.3, -0.25) is 0 Å². The van der Waals surface area contributed by atoms with Crippen LogP contribution in [0.25, 0.3) is 33.0 Å². The van der Waals surface area contributed by atoms with E-state index >= 15 is 0 Å². The molecule has 0 radical (unpaired) electrons. The van der Waals surface area contributed by atoms with E-state index in [1.165, 1.54) is 37.9 Å². The summed E-state index contributed by atoms with van der Waals surface area (Å²) in [6.07, 6.45) is 0. The van der Waals surface area contributed by atoms with Crippen molar-refractivity contribution in [3.63, 3.8) is 0 Å². The molecule has 0 spiro atoms. The lowest BCUT2D eigenvalue weighted by Gasteiger charge is -2.37. The Kier molecular flexibility index (Phi) is 21.5. The van der Waals surface area contributed by atoms with E-state index < -0.39 is 0 Å². The van der Waals surface area contributed by atoms with Gasteiger partial charge in [0.05, 0.1) is 126 Å². The number of benzene rings is 3. The number of halogens is 2. The second kappa shape index (κ2) is 28.2. The molecule has 2 aromatic heterocycles. The fourth-order valence-electron chi connectivity index (χ4n) is 8.45. The molecule has 8 rings (SSSR count). The molecule has 3 N–H and O–H groups in total. The average molecular weight is 1210 g/mol. The van der Waals surface area contributed by atoms with Gasteiger partial charge < -0.3 is 48.5 Å². The zero-order valence-corrected chi connectivity index (χ0v) is 49.4. The van der Waals surface area contributed by atoms with Crippen molar-refractivity contribution in [3.05, 3.63) is 140 Å². The first kappa shape index (κ1) is 57.4. The maximum absolute atomic E-state index is 6.17. The van der Waals surface area contributed by atoms with Crippen LogP contribution in [-0.2, 0) is 39.3 Å². The van der Waals surface area contributed by atoms with E-state index in [9.17, 15) is 0 Å². The normalized spacial score (nSPS) is 15.7. The van der Waals surface area contributed by atoms with Gasteiger partial charge >= 0.3 is 0 Å². The van der Waals surface area contributed by atoms with Crippen molar-refractivity contribution in [2.24, 2.45) is 4.40 Å². The minimum atomic E-state index is -0.164. The van der Waals surface area contributed by atoms with Gasteiger partial charge in [0.1, 0.15) is 24.7 Å². The number of alkyl halides is 2. The van der Waals surface area contributed by atoms with Crippen LogP contribution in [0, 0.1) is 0 Å². The first-order valence-corrected chi connectivity index (χ1v) is 30.2. The summed E-state index contributed by atoms with van der Waals surface area (Å²) in [6.45, 7) is 20.9. The molecular formula is C58H70Br2N4O8S3. The third kappa shape index (κ3) is 15.7. The molecule has 17 heteroatoms. The molecule has 4 heterocycles. The molecule has 2 aliphatic heterocycles. The van der Waals surface area contributed by atoms with Gasteiger partial charge in [0.15, 0.2) is 0 Å². The second-order valence-corrected chi connectivity index (χ2v) is 24.2. The van der Waals surface area contributed by atoms with Crippen LogP contribution in [0.15, 0.2) is 113 Å². The molecular weight excluding hydrogens is 1140 g/mol. The van der Waals surface area contributed by atoms with Gasteiger partial charge in [0.25, 0.3) is 0 Å². The first-order chi connectivity index (χ1) is 36.4. The quantitative estimate of drug-likeness (QED) is 0.0240. The Morgan fingerprint density at radius 3 is 1.39 bits per heavy atom. The van der Waals surface area contributed by atoms with Crippen molar-refractivity contribution in [1.82, 2.24) is 15.4 Å². The van der Waals surface area contributed by atoms with Crippen LogP contribution in [0.4, 0.5) is 0 Å².